The molecule has 0 radical (unpaired) electrons. The number of carbonyl (C=O) groups excluding carboxylic acids is 1. The average Bonchev–Trinajstić information content (AvgIpc) is 2.92. The van der Waals surface area contributed by atoms with Crippen molar-refractivity contribution >= 4 is 33.3 Å². The van der Waals surface area contributed by atoms with Crippen LogP contribution in [-0.4, -0.2) is 29.0 Å². The van der Waals surface area contributed by atoms with Crippen molar-refractivity contribution in [1.82, 2.24) is 9.97 Å². The minimum Gasteiger partial charge on any atom is -0.369 e. The van der Waals surface area contributed by atoms with Crippen molar-refractivity contribution in [3.63, 3.8) is 0 Å². The van der Waals surface area contributed by atoms with Gasteiger partial charge in [-0.25, -0.2) is 9.97 Å². The number of anilines is 1. The number of hydrogen-bond donors (Lipinski definition) is 1. The molecule has 122 valence electrons. The number of primary amides is 1. The number of fused-ring (bicyclic) bond motifs is 3. The second-order valence-corrected chi connectivity index (χ2v) is 7.98. The number of aromatic nitrogens is 2. The van der Waals surface area contributed by atoms with Crippen LogP contribution in [0, 0.1) is 11.8 Å². The first-order valence-electron chi connectivity index (χ1n) is 8.43. The van der Waals surface area contributed by atoms with Gasteiger partial charge in [0.05, 0.1) is 5.39 Å². The summed E-state index contributed by atoms with van der Waals surface area (Å²) in [6.45, 7) is 4.02. The highest BCUT2D eigenvalue weighted by atomic mass is 32.1. The maximum atomic E-state index is 11.4. The second-order valence-electron chi connectivity index (χ2n) is 6.89. The van der Waals surface area contributed by atoms with Gasteiger partial charge in [0.25, 0.3) is 0 Å². The van der Waals surface area contributed by atoms with Crippen molar-refractivity contribution < 1.29 is 4.79 Å². The monoisotopic (exact) mass is 330 g/mol. The van der Waals surface area contributed by atoms with Gasteiger partial charge in [-0.15, -0.1) is 11.3 Å². The maximum Gasteiger partial charge on any atom is 0.220 e. The first kappa shape index (κ1) is 14.9. The van der Waals surface area contributed by atoms with Gasteiger partial charge in [0.1, 0.15) is 17.0 Å². The lowest BCUT2D eigenvalue weighted by atomic mass is 9.89. The van der Waals surface area contributed by atoms with E-state index in [-0.39, 0.29) is 11.8 Å². The predicted octanol–water partition coefficient (Wildman–Crippen LogP) is 2.52. The Morgan fingerprint density at radius 3 is 2.83 bits per heavy atom. The molecule has 0 saturated carbocycles. The van der Waals surface area contributed by atoms with E-state index in [4.69, 9.17) is 5.73 Å². The van der Waals surface area contributed by atoms with Gasteiger partial charge in [0.2, 0.25) is 5.91 Å². The van der Waals surface area contributed by atoms with Gasteiger partial charge in [-0.2, -0.15) is 0 Å². The zero-order chi connectivity index (χ0) is 16.0. The summed E-state index contributed by atoms with van der Waals surface area (Å²) in [6, 6.07) is 0. The van der Waals surface area contributed by atoms with E-state index in [9.17, 15) is 4.79 Å². The zero-order valence-electron chi connectivity index (χ0n) is 13.4. The number of carbonyl (C=O) groups is 1. The molecule has 0 bridgehead atoms. The number of hydrogen-bond acceptors (Lipinski definition) is 5. The topological polar surface area (TPSA) is 72.1 Å². The third-order valence-electron chi connectivity index (χ3n) is 5.27. The molecule has 1 atom stereocenters. The Morgan fingerprint density at radius 2 is 2.09 bits per heavy atom. The van der Waals surface area contributed by atoms with Crippen molar-refractivity contribution in [1.29, 1.82) is 0 Å². The number of piperidine rings is 1. The van der Waals surface area contributed by atoms with Gasteiger partial charge < -0.3 is 10.6 Å². The summed E-state index contributed by atoms with van der Waals surface area (Å²) in [4.78, 5) is 25.4. The molecule has 4 rings (SSSR count). The molecule has 1 aliphatic heterocycles. The molecule has 2 aromatic heterocycles. The molecule has 0 unspecified atom stereocenters. The largest absolute Gasteiger partial charge is 0.369 e. The second kappa shape index (κ2) is 5.74. The number of aryl methyl sites for hydroxylation is 1. The van der Waals surface area contributed by atoms with Crippen LogP contribution < -0.4 is 10.6 Å². The van der Waals surface area contributed by atoms with Crippen LogP contribution in [0.4, 0.5) is 5.82 Å². The Kier molecular flexibility index (Phi) is 3.71. The van der Waals surface area contributed by atoms with Crippen molar-refractivity contribution in [2.45, 2.75) is 39.0 Å². The van der Waals surface area contributed by atoms with E-state index >= 15 is 0 Å². The van der Waals surface area contributed by atoms with Crippen LogP contribution in [0.3, 0.4) is 0 Å². The van der Waals surface area contributed by atoms with Gasteiger partial charge in [0.15, 0.2) is 0 Å². The highest BCUT2D eigenvalue weighted by Crippen LogP contribution is 2.41. The molecule has 2 aliphatic rings. The minimum atomic E-state index is -0.167. The molecular weight excluding hydrogens is 308 g/mol. The van der Waals surface area contributed by atoms with E-state index in [0.717, 1.165) is 48.9 Å². The SMILES string of the molecule is C[C@@H]1CCc2c(sc3ncnc(N4CCC(C(N)=O)CC4)c23)C1. The summed E-state index contributed by atoms with van der Waals surface area (Å²) < 4.78 is 0. The van der Waals surface area contributed by atoms with Crippen LogP contribution in [0.25, 0.3) is 10.2 Å². The summed E-state index contributed by atoms with van der Waals surface area (Å²) in [6.07, 6.45) is 6.88. The minimum absolute atomic E-state index is 0.0146. The van der Waals surface area contributed by atoms with Crippen molar-refractivity contribution in [2.24, 2.45) is 17.6 Å². The molecule has 2 N–H and O–H groups in total. The third kappa shape index (κ3) is 2.59. The maximum absolute atomic E-state index is 11.4. The average molecular weight is 330 g/mol. The highest BCUT2D eigenvalue weighted by molar-refractivity contribution is 7.19. The zero-order valence-corrected chi connectivity index (χ0v) is 14.2. The molecule has 0 spiro atoms. The number of rotatable bonds is 2. The summed E-state index contributed by atoms with van der Waals surface area (Å²) in [5.74, 6) is 1.67. The Balaban J connectivity index is 1.69. The lowest BCUT2D eigenvalue weighted by Gasteiger charge is -2.32. The van der Waals surface area contributed by atoms with E-state index in [2.05, 4.69) is 21.8 Å². The first-order chi connectivity index (χ1) is 11.1. The van der Waals surface area contributed by atoms with E-state index in [1.807, 2.05) is 11.3 Å². The Labute approximate surface area is 139 Å². The van der Waals surface area contributed by atoms with Crippen LogP contribution >= 0.6 is 11.3 Å². The predicted molar refractivity (Wildman–Crippen MR) is 92.7 cm³/mol. The van der Waals surface area contributed by atoms with Crippen LogP contribution in [-0.2, 0) is 17.6 Å². The van der Waals surface area contributed by atoms with Gasteiger partial charge in [-0.3, -0.25) is 4.79 Å². The molecule has 1 fully saturated rings. The van der Waals surface area contributed by atoms with Gasteiger partial charge in [0, 0.05) is 23.9 Å². The van der Waals surface area contributed by atoms with Crippen LogP contribution in [0.2, 0.25) is 0 Å². The number of nitrogens with zero attached hydrogens (tertiary/aromatic N) is 3. The lowest BCUT2D eigenvalue weighted by molar-refractivity contribution is -0.122. The summed E-state index contributed by atoms with van der Waals surface area (Å²) >= 11 is 1.84. The number of thiophene rings is 1. The molecule has 5 nitrogen and oxygen atoms in total. The molecule has 0 aromatic carbocycles. The third-order valence-corrected chi connectivity index (χ3v) is 6.43. The van der Waals surface area contributed by atoms with Gasteiger partial charge >= 0.3 is 0 Å². The summed E-state index contributed by atoms with van der Waals surface area (Å²) in [5.41, 5.74) is 6.92. The van der Waals surface area contributed by atoms with Crippen LogP contribution in [0.1, 0.15) is 36.6 Å². The van der Waals surface area contributed by atoms with Crippen molar-refractivity contribution in [2.75, 3.05) is 18.0 Å². The number of amides is 1. The fourth-order valence-corrected chi connectivity index (χ4v) is 5.22. The quantitative estimate of drug-likeness (QED) is 0.918. The molecule has 3 heterocycles. The van der Waals surface area contributed by atoms with Gasteiger partial charge in [-0.1, -0.05) is 6.92 Å². The molecule has 23 heavy (non-hydrogen) atoms. The van der Waals surface area contributed by atoms with E-state index in [1.54, 1.807) is 6.33 Å². The highest BCUT2D eigenvalue weighted by Gasteiger charge is 2.28. The molecular formula is C17H22N4OS. The lowest BCUT2D eigenvalue weighted by Crippen LogP contribution is -2.39. The molecule has 1 saturated heterocycles. The molecule has 1 amide bonds. The molecule has 1 aliphatic carbocycles. The van der Waals surface area contributed by atoms with Crippen molar-refractivity contribution in [3.8, 4) is 0 Å². The van der Waals surface area contributed by atoms with E-state index < -0.39 is 0 Å². The van der Waals surface area contributed by atoms with Crippen LogP contribution in [0.15, 0.2) is 6.33 Å². The van der Waals surface area contributed by atoms with E-state index in [0.29, 0.717) is 0 Å². The fourth-order valence-electron chi connectivity index (χ4n) is 3.87. The van der Waals surface area contributed by atoms with Gasteiger partial charge in [-0.05, 0) is 43.6 Å². The van der Waals surface area contributed by atoms with Crippen LogP contribution in [0.5, 0.6) is 0 Å². The van der Waals surface area contributed by atoms with E-state index in [1.165, 1.54) is 28.7 Å². The molecule has 2 aromatic rings. The summed E-state index contributed by atoms with van der Waals surface area (Å²) in [7, 11) is 0. The van der Waals surface area contributed by atoms with Crippen molar-refractivity contribution in [3.05, 3.63) is 16.8 Å². The number of nitrogens with two attached hydrogens (primary N) is 1. The standard InChI is InChI=1S/C17H22N4OS/c1-10-2-3-12-13(8-10)23-17-14(12)16(19-9-20-17)21-6-4-11(5-7-21)15(18)22/h9-11H,2-8H2,1H3,(H2,18,22)/t10-/m1/s1. The smallest absolute Gasteiger partial charge is 0.220 e. The summed E-state index contributed by atoms with van der Waals surface area (Å²) in [5, 5.41) is 1.26. The Morgan fingerprint density at radius 1 is 1.30 bits per heavy atom. The Bertz CT molecular complexity index is 748. The Hall–Kier alpha value is -1.69. The fraction of sp³-hybridized carbons (Fsp3) is 0.588. The molecule has 6 heteroatoms. The first-order valence-corrected chi connectivity index (χ1v) is 9.24. The normalized spacial score (nSPS) is 22.3.